The predicted octanol–water partition coefficient (Wildman–Crippen LogP) is 3.37. The lowest BCUT2D eigenvalue weighted by molar-refractivity contribution is 0.198. The van der Waals surface area contributed by atoms with Crippen LogP contribution in [0.15, 0.2) is 18.2 Å². The van der Waals surface area contributed by atoms with E-state index in [4.69, 9.17) is 4.74 Å². The second kappa shape index (κ2) is 7.09. The van der Waals surface area contributed by atoms with E-state index < -0.39 is 6.10 Å². The van der Waals surface area contributed by atoms with E-state index >= 15 is 0 Å². The molecule has 1 fully saturated rings. The van der Waals surface area contributed by atoms with Crippen molar-refractivity contribution < 1.29 is 9.84 Å². The van der Waals surface area contributed by atoms with Gasteiger partial charge in [0.05, 0.1) is 13.2 Å². The molecule has 1 unspecified atom stereocenters. The predicted molar refractivity (Wildman–Crippen MR) is 81.9 cm³/mol. The van der Waals surface area contributed by atoms with Crippen molar-refractivity contribution in [1.82, 2.24) is 4.90 Å². The Morgan fingerprint density at radius 3 is 2.70 bits per heavy atom. The molecule has 1 N–H and O–H groups in total. The molecule has 20 heavy (non-hydrogen) atoms. The molecule has 0 aliphatic heterocycles. The normalized spacial score (nSPS) is 16.4. The Balaban J connectivity index is 2.12. The van der Waals surface area contributed by atoms with Gasteiger partial charge < -0.3 is 9.84 Å². The van der Waals surface area contributed by atoms with Crippen LogP contribution in [-0.2, 0) is 6.54 Å². The van der Waals surface area contributed by atoms with Crippen LogP contribution in [0.25, 0.3) is 0 Å². The molecule has 0 amide bonds. The highest BCUT2D eigenvalue weighted by Crippen LogP contribution is 2.31. The Bertz CT molecular complexity index is 427. The third-order valence-electron chi connectivity index (χ3n) is 3.93. The summed E-state index contributed by atoms with van der Waals surface area (Å²) in [6.07, 6.45) is 3.50. The molecule has 0 bridgehead atoms. The number of aliphatic hydroxyl groups excluding tert-OH is 1. The summed E-state index contributed by atoms with van der Waals surface area (Å²) in [6.45, 7) is 7.26. The highest BCUT2D eigenvalue weighted by atomic mass is 16.5. The maximum absolute atomic E-state index is 9.75. The molecule has 3 heteroatoms. The van der Waals surface area contributed by atoms with Crippen molar-refractivity contribution in [2.24, 2.45) is 5.92 Å². The van der Waals surface area contributed by atoms with Gasteiger partial charge in [0.2, 0.25) is 0 Å². The number of ether oxygens (including phenoxy) is 1. The summed E-state index contributed by atoms with van der Waals surface area (Å²) in [7, 11) is 1.71. The van der Waals surface area contributed by atoms with Gasteiger partial charge in [-0.3, -0.25) is 4.90 Å². The summed E-state index contributed by atoms with van der Waals surface area (Å²) in [5, 5.41) is 9.75. The van der Waals surface area contributed by atoms with Crippen molar-refractivity contribution in [3.05, 3.63) is 29.3 Å². The first-order valence-electron chi connectivity index (χ1n) is 7.71. The van der Waals surface area contributed by atoms with Gasteiger partial charge in [-0.1, -0.05) is 13.0 Å². The zero-order chi connectivity index (χ0) is 14.5. The van der Waals surface area contributed by atoms with Crippen LogP contribution in [0.3, 0.4) is 0 Å². The average Bonchev–Trinajstić information content (AvgIpc) is 3.22. The third kappa shape index (κ3) is 4.22. The Morgan fingerprint density at radius 1 is 1.40 bits per heavy atom. The minimum absolute atomic E-state index is 0.428. The van der Waals surface area contributed by atoms with Crippen molar-refractivity contribution in [2.75, 3.05) is 20.2 Å². The van der Waals surface area contributed by atoms with Crippen LogP contribution in [0.1, 0.15) is 50.3 Å². The number of hydrogen-bond acceptors (Lipinski definition) is 3. The lowest BCUT2D eigenvalue weighted by atomic mass is 10.1. The van der Waals surface area contributed by atoms with E-state index in [1.807, 2.05) is 12.1 Å². The maximum atomic E-state index is 9.75. The summed E-state index contributed by atoms with van der Waals surface area (Å²) in [5.41, 5.74) is 2.14. The van der Waals surface area contributed by atoms with Gasteiger partial charge in [-0.25, -0.2) is 0 Å². The smallest absolute Gasteiger partial charge is 0.123 e. The molecule has 0 heterocycles. The third-order valence-corrected chi connectivity index (χ3v) is 3.93. The van der Waals surface area contributed by atoms with E-state index in [1.165, 1.54) is 31.4 Å². The monoisotopic (exact) mass is 277 g/mol. The highest BCUT2D eigenvalue weighted by molar-refractivity contribution is 5.38. The molecule has 1 aromatic carbocycles. The summed E-state index contributed by atoms with van der Waals surface area (Å²) >= 11 is 0. The van der Waals surface area contributed by atoms with Crippen LogP contribution in [0, 0.1) is 5.92 Å². The number of hydrogen-bond donors (Lipinski definition) is 1. The molecule has 0 spiro atoms. The van der Waals surface area contributed by atoms with Gasteiger partial charge in [-0.15, -0.1) is 0 Å². The summed E-state index contributed by atoms with van der Waals surface area (Å²) in [6, 6.07) is 6.00. The van der Waals surface area contributed by atoms with Gasteiger partial charge in [0.1, 0.15) is 5.75 Å². The number of aliphatic hydroxyl groups is 1. The Morgan fingerprint density at radius 2 is 2.15 bits per heavy atom. The molecule has 0 saturated heterocycles. The number of benzene rings is 1. The van der Waals surface area contributed by atoms with E-state index in [0.29, 0.717) is 0 Å². The first kappa shape index (κ1) is 15.3. The molecular weight excluding hydrogens is 250 g/mol. The molecule has 112 valence electrons. The summed E-state index contributed by atoms with van der Waals surface area (Å²) in [4.78, 5) is 2.52. The van der Waals surface area contributed by atoms with Crippen molar-refractivity contribution >= 4 is 0 Å². The second-order valence-corrected chi connectivity index (χ2v) is 5.93. The maximum Gasteiger partial charge on any atom is 0.123 e. The number of rotatable bonds is 8. The number of methoxy groups -OCH3 is 1. The van der Waals surface area contributed by atoms with Gasteiger partial charge in [-0.05, 0) is 56.3 Å². The molecule has 1 aliphatic rings. The molecule has 1 aromatic rings. The van der Waals surface area contributed by atoms with Crippen LogP contribution in [0.4, 0.5) is 0 Å². The molecular formula is C17H27NO2. The van der Waals surface area contributed by atoms with Gasteiger partial charge in [0.15, 0.2) is 0 Å². The van der Waals surface area contributed by atoms with Crippen molar-refractivity contribution in [3.63, 3.8) is 0 Å². The van der Waals surface area contributed by atoms with Crippen molar-refractivity contribution in [2.45, 2.75) is 45.8 Å². The van der Waals surface area contributed by atoms with Crippen LogP contribution in [0.5, 0.6) is 5.75 Å². The molecule has 1 aliphatic carbocycles. The molecule has 0 aromatic heterocycles. The topological polar surface area (TPSA) is 32.7 Å². The lowest BCUT2D eigenvalue weighted by Gasteiger charge is -2.23. The number of nitrogens with zero attached hydrogens (tertiary/aromatic N) is 1. The van der Waals surface area contributed by atoms with Gasteiger partial charge >= 0.3 is 0 Å². The van der Waals surface area contributed by atoms with E-state index in [0.717, 1.165) is 30.3 Å². The first-order valence-corrected chi connectivity index (χ1v) is 7.71. The minimum Gasteiger partial charge on any atom is -0.496 e. The summed E-state index contributed by atoms with van der Waals surface area (Å²) < 4.78 is 5.47. The fourth-order valence-corrected chi connectivity index (χ4v) is 2.64. The average molecular weight is 277 g/mol. The minimum atomic E-state index is -0.428. The zero-order valence-corrected chi connectivity index (χ0v) is 12.9. The molecule has 1 saturated carbocycles. The molecule has 3 nitrogen and oxygen atoms in total. The van der Waals surface area contributed by atoms with Crippen LogP contribution >= 0.6 is 0 Å². The van der Waals surface area contributed by atoms with Crippen molar-refractivity contribution in [3.8, 4) is 5.75 Å². The largest absolute Gasteiger partial charge is 0.496 e. The van der Waals surface area contributed by atoms with Gasteiger partial charge in [0, 0.05) is 18.7 Å². The molecule has 0 radical (unpaired) electrons. The van der Waals surface area contributed by atoms with Gasteiger partial charge in [0.25, 0.3) is 0 Å². The Kier molecular flexibility index (Phi) is 5.44. The quantitative estimate of drug-likeness (QED) is 0.791. The SMILES string of the molecule is CCCN(Cc1cc(C(C)O)ccc1OC)CC1CC1. The summed E-state index contributed by atoms with van der Waals surface area (Å²) in [5.74, 6) is 1.82. The lowest BCUT2D eigenvalue weighted by Crippen LogP contribution is -2.26. The fraction of sp³-hybridized carbons (Fsp3) is 0.647. The van der Waals surface area contributed by atoms with E-state index in [9.17, 15) is 5.11 Å². The van der Waals surface area contributed by atoms with Crippen LogP contribution in [-0.4, -0.2) is 30.2 Å². The van der Waals surface area contributed by atoms with Crippen LogP contribution in [0.2, 0.25) is 0 Å². The standard InChI is InChI=1S/C17H27NO2/c1-4-9-18(11-14-5-6-14)12-16-10-15(13(2)19)7-8-17(16)20-3/h7-8,10,13-14,19H,4-6,9,11-12H2,1-3H3. The molecule has 1 atom stereocenters. The first-order chi connectivity index (χ1) is 9.63. The Hall–Kier alpha value is -1.06. The van der Waals surface area contributed by atoms with Gasteiger partial charge in [-0.2, -0.15) is 0 Å². The molecule has 2 rings (SSSR count). The Labute approximate surface area is 122 Å². The highest BCUT2D eigenvalue weighted by Gasteiger charge is 2.24. The second-order valence-electron chi connectivity index (χ2n) is 5.93. The zero-order valence-electron chi connectivity index (χ0n) is 12.9. The van der Waals surface area contributed by atoms with Crippen LogP contribution < -0.4 is 4.74 Å². The van der Waals surface area contributed by atoms with E-state index in [2.05, 4.69) is 17.9 Å². The van der Waals surface area contributed by atoms with Crippen molar-refractivity contribution in [1.29, 1.82) is 0 Å². The fourth-order valence-electron chi connectivity index (χ4n) is 2.64. The van der Waals surface area contributed by atoms with E-state index in [-0.39, 0.29) is 0 Å². The van der Waals surface area contributed by atoms with E-state index in [1.54, 1.807) is 14.0 Å².